The number of para-hydroxylation sites is 1. The van der Waals surface area contributed by atoms with Crippen LogP contribution in [0.15, 0.2) is 90.0 Å². The van der Waals surface area contributed by atoms with E-state index in [4.69, 9.17) is 25.8 Å². The number of hydrazone groups is 1. The normalized spacial score (nSPS) is 10.8. The molecule has 1 heterocycles. The van der Waals surface area contributed by atoms with E-state index < -0.39 is 11.9 Å². The second-order valence-electron chi connectivity index (χ2n) is 8.92. The molecule has 208 valence electrons. The summed E-state index contributed by atoms with van der Waals surface area (Å²) in [6, 6.07) is 25.9. The Morgan fingerprint density at radius 1 is 0.952 bits per heavy atom. The summed E-state index contributed by atoms with van der Waals surface area (Å²) in [5.74, 6) is 0.0505. The lowest BCUT2D eigenvalue weighted by molar-refractivity contribution is 0.0729. The maximum absolute atomic E-state index is 13.3. The standard InChI is InChI=1S/C32H23ClN4O5/c1-40-22-13-11-20(12-14-22)32(39)42-26-15-10-19(16-27(26)41-2)18-35-37-31(38)30-28(23-7-3-4-9-25(23)33)24-8-5-6-21(17-34)29(24)36-30/h3-16,18,36H,1-2H3,(H,37,38). The van der Waals surface area contributed by atoms with Crippen molar-refractivity contribution in [3.8, 4) is 34.4 Å². The highest BCUT2D eigenvalue weighted by atomic mass is 35.5. The Bertz CT molecular complexity index is 1870. The number of H-pyrrole nitrogens is 1. The Balaban J connectivity index is 1.37. The molecule has 0 aliphatic rings. The van der Waals surface area contributed by atoms with Gasteiger partial charge in [-0.2, -0.15) is 10.4 Å². The van der Waals surface area contributed by atoms with Gasteiger partial charge < -0.3 is 19.2 Å². The maximum Gasteiger partial charge on any atom is 0.343 e. The lowest BCUT2D eigenvalue weighted by atomic mass is 10.0. The van der Waals surface area contributed by atoms with E-state index in [1.807, 2.05) is 12.1 Å². The fourth-order valence-corrected chi connectivity index (χ4v) is 4.61. The van der Waals surface area contributed by atoms with E-state index in [1.165, 1.54) is 13.3 Å². The molecule has 0 unspecified atom stereocenters. The number of halogens is 1. The fraction of sp³-hybridized carbons (Fsp3) is 0.0625. The van der Waals surface area contributed by atoms with Crippen molar-refractivity contribution in [2.75, 3.05) is 14.2 Å². The first-order valence-electron chi connectivity index (χ1n) is 12.6. The number of hydrogen-bond acceptors (Lipinski definition) is 7. The molecule has 0 saturated carbocycles. The minimum Gasteiger partial charge on any atom is -0.497 e. The lowest BCUT2D eigenvalue weighted by Crippen LogP contribution is -2.19. The van der Waals surface area contributed by atoms with Gasteiger partial charge in [-0.25, -0.2) is 10.2 Å². The second kappa shape index (κ2) is 12.3. The van der Waals surface area contributed by atoms with Crippen LogP contribution in [0.4, 0.5) is 0 Å². The Morgan fingerprint density at radius 3 is 2.45 bits per heavy atom. The number of aromatic nitrogens is 1. The largest absolute Gasteiger partial charge is 0.497 e. The molecule has 1 aromatic heterocycles. The third-order valence-corrected chi connectivity index (χ3v) is 6.75. The molecular formula is C32H23ClN4O5. The van der Waals surface area contributed by atoms with E-state index in [0.717, 1.165) is 0 Å². The number of amides is 1. The fourth-order valence-electron chi connectivity index (χ4n) is 4.38. The minimum atomic E-state index is -0.558. The molecule has 10 heteroatoms. The van der Waals surface area contributed by atoms with Crippen LogP contribution in [0.25, 0.3) is 22.0 Å². The molecule has 0 radical (unpaired) electrons. The van der Waals surface area contributed by atoms with Crippen LogP contribution in [0, 0.1) is 11.3 Å². The Labute approximate surface area is 245 Å². The number of hydrogen-bond donors (Lipinski definition) is 2. The van der Waals surface area contributed by atoms with Crippen molar-refractivity contribution in [3.05, 3.63) is 112 Å². The average molecular weight is 579 g/mol. The number of nitrogens with one attached hydrogen (secondary N) is 2. The van der Waals surface area contributed by atoms with Crippen LogP contribution in [-0.4, -0.2) is 37.3 Å². The highest BCUT2D eigenvalue weighted by molar-refractivity contribution is 6.34. The predicted octanol–water partition coefficient (Wildman–Crippen LogP) is 6.36. The number of fused-ring (bicyclic) bond motifs is 1. The first-order chi connectivity index (χ1) is 20.4. The molecule has 0 aliphatic carbocycles. The van der Waals surface area contributed by atoms with Crippen LogP contribution in [0.1, 0.15) is 32.0 Å². The van der Waals surface area contributed by atoms with Gasteiger partial charge in [-0.3, -0.25) is 4.79 Å². The molecule has 1 amide bonds. The zero-order valence-corrected chi connectivity index (χ0v) is 23.2. The topological polar surface area (TPSA) is 126 Å². The van der Waals surface area contributed by atoms with Crippen molar-refractivity contribution < 1.29 is 23.8 Å². The van der Waals surface area contributed by atoms with Gasteiger partial charge in [-0.15, -0.1) is 0 Å². The first-order valence-corrected chi connectivity index (χ1v) is 13.0. The molecule has 0 saturated heterocycles. The van der Waals surface area contributed by atoms with Gasteiger partial charge >= 0.3 is 5.97 Å². The summed E-state index contributed by atoms with van der Waals surface area (Å²) in [7, 11) is 2.99. The van der Waals surface area contributed by atoms with Gasteiger partial charge in [0.05, 0.1) is 37.1 Å². The number of carbonyl (C=O) groups is 2. The Morgan fingerprint density at radius 2 is 1.74 bits per heavy atom. The Kier molecular flexibility index (Phi) is 8.18. The summed E-state index contributed by atoms with van der Waals surface area (Å²) >= 11 is 6.48. The van der Waals surface area contributed by atoms with Gasteiger partial charge in [0, 0.05) is 21.5 Å². The number of carbonyl (C=O) groups excluding carboxylic acids is 2. The highest BCUT2D eigenvalue weighted by Crippen LogP contribution is 2.37. The van der Waals surface area contributed by atoms with Crippen LogP contribution in [0.3, 0.4) is 0 Å². The molecule has 0 atom stereocenters. The number of esters is 1. The summed E-state index contributed by atoms with van der Waals surface area (Å²) < 4.78 is 16.0. The molecule has 0 bridgehead atoms. The number of benzene rings is 4. The van der Waals surface area contributed by atoms with Gasteiger partial charge in [0.25, 0.3) is 5.91 Å². The first kappa shape index (κ1) is 28.0. The summed E-state index contributed by atoms with van der Waals surface area (Å²) in [5, 5.41) is 14.8. The van der Waals surface area contributed by atoms with Crippen LogP contribution >= 0.6 is 11.6 Å². The molecular weight excluding hydrogens is 556 g/mol. The van der Waals surface area contributed by atoms with Crippen molar-refractivity contribution >= 4 is 40.6 Å². The van der Waals surface area contributed by atoms with E-state index in [-0.39, 0.29) is 11.4 Å². The van der Waals surface area contributed by atoms with E-state index in [2.05, 4.69) is 21.6 Å². The average Bonchev–Trinajstić information content (AvgIpc) is 3.41. The molecule has 5 aromatic rings. The van der Waals surface area contributed by atoms with E-state index in [1.54, 1.807) is 79.9 Å². The summed E-state index contributed by atoms with van der Waals surface area (Å²) in [4.78, 5) is 29.0. The number of ether oxygens (including phenoxy) is 3. The van der Waals surface area contributed by atoms with Crippen molar-refractivity contribution in [1.29, 1.82) is 5.26 Å². The van der Waals surface area contributed by atoms with Gasteiger partial charge in [0.2, 0.25) is 0 Å². The summed E-state index contributed by atoms with van der Waals surface area (Å²) in [6.45, 7) is 0. The van der Waals surface area contributed by atoms with Crippen molar-refractivity contribution in [2.24, 2.45) is 5.10 Å². The lowest BCUT2D eigenvalue weighted by Gasteiger charge is -2.10. The van der Waals surface area contributed by atoms with Crippen LogP contribution in [0.2, 0.25) is 5.02 Å². The van der Waals surface area contributed by atoms with Gasteiger partial charge in [-0.1, -0.05) is 41.9 Å². The smallest absolute Gasteiger partial charge is 0.343 e. The number of nitriles is 1. The van der Waals surface area contributed by atoms with E-state index in [0.29, 0.717) is 55.2 Å². The Hall–Kier alpha value is -5.59. The second-order valence-corrected chi connectivity index (χ2v) is 9.33. The zero-order chi connectivity index (χ0) is 29.6. The SMILES string of the molecule is COc1ccc(C(=O)Oc2ccc(C=NNC(=O)c3[nH]c4c(C#N)cccc4c3-c3ccccc3Cl)cc2OC)cc1. The molecule has 9 nitrogen and oxygen atoms in total. The van der Waals surface area contributed by atoms with Crippen LogP contribution in [0.5, 0.6) is 17.2 Å². The molecule has 2 N–H and O–H groups in total. The number of methoxy groups -OCH3 is 2. The predicted molar refractivity (Wildman–Crippen MR) is 159 cm³/mol. The number of rotatable bonds is 8. The van der Waals surface area contributed by atoms with E-state index in [9.17, 15) is 14.9 Å². The van der Waals surface area contributed by atoms with Crippen LogP contribution < -0.4 is 19.6 Å². The molecule has 4 aromatic carbocycles. The quantitative estimate of drug-likeness (QED) is 0.0955. The number of aromatic amines is 1. The molecule has 0 aliphatic heterocycles. The van der Waals surface area contributed by atoms with Crippen molar-refractivity contribution in [2.45, 2.75) is 0 Å². The van der Waals surface area contributed by atoms with Gasteiger partial charge in [0.15, 0.2) is 11.5 Å². The van der Waals surface area contributed by atoms with E-state index >= 15 is 0 Å². The summed E-state index contributed by atoms with van der Waals surface area (Å²) in [5.41, 5.74) is 5.77. The monoisotopic (exact) mass is 578 g/mol. The minimum absolute atomic E-state index is 0.205. The number of nitrogens with zero attached hydrogens (tertiary/aromatic N) is 2. The molecule has 5 rings (SSSR count). The highest BCUT2D eigenvalue weighted by Gasteiger charge is 2.22. The van der Waals surface area contributed by atoms with Gasteiger partial charge in [0.1, 0.15) is 17.5 Å². The maximum atomic E-state index is 13.3. The third-order valence-electron chi connectivity index (χ3n) is 6.42. The third kappa shape index (κ3) is 5.66. The van der Waals surface area contributed by atoms with Gasteiger partial charge in [-0.05, 0) is 60.2 Å². The molecule has 0 spiro atoms. The van der Waals surface area contributed by atoms with Crippen molar-refractivity contribution in [1.82, 2.24) is 10.4 Å². The van der Waals surface area contributed by atoms with Crippen LogP contribution in [-0.2, 0) is 0 Å². The van der Waals surface area contributed by atoms with Crippen molar-refractivity contribution in [3.63, 3.8) is 0 Å². The molecule has 42 heavy (non-hydrogen) atoms. The molecule has 0 fully saturated rings. The zero-order valence-electron chi connectivity index (χ0n) is 22.5. The summed E-state index contributed by atoms with van der Waals surface area (Å²) in [6.07, 6.45) is 1.42.